The molecular formula is C17H16. The highest BCUT2D eigenvalue weighted by Crippen LogP contribution is 2.20. The molecule has 17 heavy (non-hydrogen) atoms. The molecule has 0 N–H and O–H groups in total. The Morgan fingerprint density at radius 1 is 0.882 bits per heavy atom. The molecule has 0 nitrogen and oxygen atoms in total. The lowest BCUT2D eigenvalue weighted by molar-refractivity contribution is 1.55. The van der Waals surface area contributed by atoms with Crippen molar-refractivity contribution in [2.75, 3.05) is 0 Å². The molecule has 0 bridgehead atoms. The van der Waals surface area contributed by atoms with Crippen LogP contribution in [-0.2, 0) is 0 Å². The molecule has 0 heteroatoms. The molecule has 0 atom stereocenters. The number of hydrogen-bond acceptors (Lipinski definition) is 0. The van der Waals surface area contributed by atoms with Gasteiger partial charge in [-0.2, -0.15) is 0 Å². The minimum absolute atomic E-state index is 1.06. The van der Waals surface area contributed by atoms with Crippen molar-refractivity contribution >= 4 is 35.6 Å². The molecule has 0 aliphatic carbocycles. The molecule has 2 rings (SSSR count). The van der Waals surface area contributed by atoms with E-state index >= 15 is 0 Å². The highest BCUT2D eigenvalue weighted by Gasteiger charge is 2.00. The van der Waals surface area contributed by atoms with Crippen molar-refractivity contribution in [3.63, 3.8) is 0 Å². The highest BCUT2D eigenvalue weighted by molar-refractivity contribution is 5.88. The SMILES string of the molecule is C=Cc1cc2cc(=C)/c(=C\C)cc2cc1C=C. The van der Waals surface area contributed by atoms with Gasteiger partial charge in [-0.15, -0.1) is 0 Å². The maximum absolute atomic E-state index is 4.06. The van der Waals surface area contributed by atoms with Gasteiger partial charge in [-0.25, -0.2) is 0 Å². The second-order valence-corrected chi connectivity index (χ2v) is 4.08. The number of hydrogen-bond donors (Lipinski definition) is 0. The fraction of sp³-hybridized carbons (Fsp3) is 0.0588. The van der Waals surface area contributed by atoms with E-state index in [-0.39, 0.29) is 0 Å². The second-order valence-electron chi connectivity index (χ2n) is 4.08. The maximum Gasteiger partial charge on any atom is -0.0171 e. The standard InChI is InChI=1S/C17H16/c1-5-13-9-17-11-15(7-3)14(6-2)10-16(17)8-12(13)4/h5-11H,2-4H2,1H3/b13-5-. The van der Waals surface area contributed by atoms with Gasteiger partial charge in [0.25, 0.3) is 0 Å². The van der Waals surface area contributed by atoms with Crippen molar-refractivity contribution < 1.29 is 0 Å². The van der Waals surface area contributed by atoms with Gasteiger partial charge in [0.2, 0.25) is 0 Å². The molecule has 0 aliphatic rings. The lowest BCUT2D eigenvalue weighted by Crippen LogP contribution is -2.21. The van der Waals surface area contributed by atoms with Gasteiger partial charge < -0.3 is 0 Å². The van der Waals surface area contributed by atoms with Crippen LogP contribution in [0.25, 0.3) is 35.6 Å². The summed E-state index contributed by atoms with van der Waals surface area (Å²) in [4.78, 5) is 0. The van der Waals surface area contributed by atoms with Gasteiger partial charge in [-0.3, -0.25) is 0 Å². The van der Waals surface area contributed by atoms with Crippen LogP contribution in [0, 0.1) is 0 Å². The fourth-order valence-corrected chi connectivity index (χ4v) is 2.07. The Morgan fingerprint density at radius 2 is 1.41 bits per heavy atom. The van der Waals surface area contributed by atoms with Crippen LogP contribution >= 0.6 is 0 Å². The molecule has 0 amide bonds. The van der Waals surface area contributed by atoms with Gasteiger partial charge >= 0.3 is 0 Å². The van der Waals surface area contributed by atoms with E-state index in [1.54, 1.807) is 0 Å². The molecule has 0 heterocycles. The van der Waals surface area contributed by atoms with Crippen LogP contribution in [-0.4, -0.2) is 0 Å². The summed E-state index contributed by atoms with van der Waals surface area (Å²) in [5, 5.41) is 4.65. The van der Waals surface area contributed by atoms with E-state index in [0.717, 1.165) is 16.3 Å². The van der Waals surface area contributed by atoms with Crippen molar-refractivity contribution in [2.45, 2.75) is 6.92 Å². The molecule has 0 aliphatic heterocycles. The largest absolute Gasteiger partial charge is 0.0984 e. The molecule has 0 saturated heterocycles. The zero-order valence-corrected chi connectivity index (χ0v) is 10.2. The zero-order chi connectivity index (χ0) is 12.4. The molecule has 0 unspecified atom stereocenters. The van der Waals surface area contributed by atoms with E-state index in [9.17, 15) is 0 Å². The van der Waals surface area contributed by atoms with Crippen molar-refractivity contribution in [3.05, 3.63) is 59.0 Å². The first-order valence-electron chi connectivity index (χ1n) is 5.67. The number of rotatable bonds is 2. The molecule has 0 radical (unpaired) electrons. The molecular weight excluding hydrogens is 204 g/mol. The summed E-state index contributed by atoms with van der Waals surface area (Å²) in [5.41, 5.74) is 2.23. The second kappa shape index (κ2) is 4.42. The van der Waals surface area contributed by atoms with Crippen LogP contribution in [0.15, 0.2) is 37.4 Å². The van der Waals surface area contributed by atoms with E-state index in [4.69, 9.17) is 0 Å². The van der Waals surface area contributed by atoms with Crippen molar-refractivity contribution in [1.82, 2.24) is 0 Å². The Hall–Kier alpha value is -2.08. The van der Waals surface area contributed by atoms with Gasteiger partial charge in [-0.1, -0.05) is 38.0 Å². The molecule has 84 valence electrons. The smallest absolute Gasteiger partial charge is 0.0171 e. The van der Waals surface area contributed by atoms with E-state index < -0.39 is 0 Å². The Labute approximate surface area is 102 Å². The van der Waals surface area contributed by atoms with Gasteiger partial charge in [0, 0.05) is 0 Å². The summed E-state index contributed by atoms with van der Waals surface area (Å²) >= 11 is 0. The molecule has 0 spiro atoms. The predicted molar refractivity (Wildman–Crippen MR) is 79.0 cm³/mol. The minimum Gasteiger partial charge on any atom is -0.0984 e. The van der Waals surface area contributed by atoms with Gasteiger partial charge in [0.15, 0.2) is 0 Å². The van der Waals surface area contributed by atoms with Crippen LogP contribution in [0.3, 0.4) is 0 Å². The third kappa shape index (κ3) is 1.94. The summed E-state index contributed by atoms with van der Waals surface area (Å²) in [6, 6.07) is 8.56. The third-order valence-electron chi connectivity index (χ3n) is 3.05. The van der Waals surface area contributed by atoms with Crippen LogP contribution in [0.5, 0.6) is 0 Å². The van der Waals surface area contributed by atoms with E-state index in [2.05, 4.69) is 50.1 Å². The first kappa shape index (κ1) is 11.4. The molecule has 0 saturated carbocycles. The monoisotopic (exact) mass is 220 g/mol. The summed E-state index contributed by atoms with van der Waals surface area (Å²) in [6.45, 7) is 13.8. The van der Waals surface area contributed by atoms with Crippen LogP contribution in [0.1, 0.15) is 18.1 Å². The van der Waals surface area contributed by atoms with Crippen LogP contribution in [0.4, 0.5) is 0 Å². The van der Waals surface area contributed by atoms with E-state index in [1.165, 1.54) is 16.0 Å². The Bertz CT molecular complexity index is 703. The Kier molecular flexibility index (Phi) is 2.97. The van der Waals surface area contributed by atoms with Crippen molar-refractivity contribution in [1.29, 1.82) is 0 Å². The molecule has 0 aromatic heterocycles. The Morgan fingerprint density at radius 3 is 1.88 bits per heavy atom. The zero-order valence-electron chi connectivity index (χ0n) is 10.2. The first-order chi connectivity index (χ1) is 8.19. The Balaban J connectivity index is 2.93. The summed E-state index contributed by atoms with van der Waals surface area (Å²) in [5.74, 6) is 0. The maximum atomic E-state index is 4.06. The molecule has 2 aromatic rings. The summed E-state index contributed by atoms with van der Waals surface area (Å²) in [7, 11) is 0. The highest BCUT2D eigenvalue weighted by atomic mass is 14.0. The van der Waals surface area contributed by atoms with Crippen LogP contribution < -0.4 is 10.4 Å². The van der Waals surface area contributed by atoms with Crippen LogP contribution in [0.2, 0.25) is 0 Å². The lowest BCUT2D eigenvalue weighted by Gasteiger charge is -2.05. The quantitative estimate of drug-likeness (QED) is 0.728. The van der Waals surface area contributed by atoms with Gasteiger partial charge in [0.1, 0.15) is 0 Å². The predicted octanol–water partition coefficient (Wildman–Crippen LogP) is 3.34. The van der Waals surface area contributed by atoms with E-state index in [0.29, 0.717) is 0 Å². The topological polar surface area (TPSA) is 0 Å². The van der Waals surface area contributed by atoms with E-state index in [1.807, 2.05) is 19.1 Å². The summed E-state index contributed by atoms with van der Waals surface area (Å²) in [6.07, 6.45) is 5.81. The fourth-order valence-electron chi connectivity index (χ4n) is 2.07. The summed E-state index contributed by atoms with van der Waals surface area (Å²) < 4.78 is 0. The first-order valence-corrected chi connectivity index (χ1v) is 5.67. The van der Waals surface area contributed by atoms with Crippen molar-refractivity contribution in [3.8, 4) is 0 Å². The normalized spacial score (nSPS) is 11.7. The third-order valence-corrected chi connectivity index (χ3v) is 3.05. The number of benzene rings is 2. The van der Waals surface area contributed by atoms with Gasteiger partial charge in [0.05, 0.1) is 0 Å². The average Bonchev–Trinajstić information content (AvgIpc) is 2.36. The lowest BCUT2D eigenvalue weighted by atomic mass is 9.99. The average molecular weight is 220 g/mol. The number of fused-ring (bicyclic) bond motifs is 1. The molecule has 2 aromatic carbocycles. The molecule has 0 fully saturated rings. The van der Waals surface area contributed by atoms with Crippen molar-refractivity contribution in [2.24, 2.45) is 0 Å². The minimum atomic E-state index is 1.06. The van der Waals surface area contributed by atoms with Gasteiger partial charge in [-0.05, 0) is 63.5 Å².